The lowest BCUT2D eigenvalue weighted by atomic mass is 9.86. The molecule has 2 aromatic rings. The minimum absolute atomic E-state index is 0.0327. The van der Waals surface area contributed by atoms with Crippen molar-refractivity contribution in [1.29, 1.82) is 0 Å². The van der Waals surface area contributed by atoms with E-state index in [1.807, 2.05) is 17.8 Å². The Morgan fingerprint density at radius 3 is 2.76 bits per heavy atom. The molecule has 0 saturated heterocycles. The second kappa shape index (κ2) is 7.04. The maximum Gasteiger partial charge on any atom is 0.308 e. The van der Waals surface area contributed by atoms with E-state index >= 15 is 0 Å². The Morgan fingerprint density at radius 1 is 1.44 bits per heavy atom. The number of aromatic nitrogens is 2. The Labute approximate surface area is 145 Å². The Bertz CT molecular complexity index is 819. The van der Waals surface area contributed by atoms with Crippen molar-refractivity contribution in [2.24, 2.45) is 5.92 Å². The zero-order valence-electron chi connectivity index (χ0n) is 14.2. The summed E-state index contributed by atoms with van der Waals surface area (Å²) in [5.41, 5.74) is 1.22. The van der Waals surface area contributed by atoms with Crippen LogP contribution < -0.4 is 0 Å². The molecule has 1 saturated carbocycles. The van der Waals surface area contributed by atoms with Gasteiger partial charge in [-0.2, -0.15) is 5.10 Å². The van der Waals surface area contributed by atoms with Crippen LogP contribution in [0, 0.1) is 16.0 Å². The van der Waals surface area contributed by atoms with E-state index in [1.54, 1.807) is 12.1 Å². The Balaban J connectivity index is 1.80. The van der Waals surface area contributed by atoms with E-state index in [0.717, 1.165) is 31.1 Å². The molecule has 1 aromatic carbocycles. The second-order valence-corrected chi connectivity index (χ2v) is 6.30. The fraction of sp³-hybridized carbons (Fsp3) is 0.444. The largest absolute Gasteiger partial charge is 0.466 e. The molecule has 1 aromatic heterocycles. The van der Waals surface area contributed by atoms with Gasteiger partial charge in [0.15, 0.2) is 0 Å². The predicted octanol–water partition coefficient (Wildman–Crippen LogP) is 3.88. The van der Waals surface area contributed by atoms with Gasteiger partial charge < -0.3 is 4.74 Å². The molecule has 0 unspecified atom stereocenters. The molecule has 3 rings (SSSR count). The average molecular weight is 343 g/mol. The highest BCUT2D eigenvalue weighted by atomic mass is 16.6. The van der Waals surface area contributed by atoms with Crippen LogP contribution in [0.3, 0.4) is 0 Å². The average Bonchev–Trinajstić information content (AvgIpc) is 3.03. The van der Waals surface area contributed by atoms with Gasteiger partial charge in [0.2, 0.25) is 0 Å². The summed E-state index contributed by atoms with van der Waals surface area (Å²) >= 11 is 0. The number of rotatable bonds is 5. The molecule has 1 aliphatic carbocycles. The van der Waals surface area contributed by atoms with Gasteiger partial charge in [0.25, 0.3) is 5.69 Å². The van der Waals surface area contributed by atoms with E-state index in [-0.39, 0.29) is 23.6 Å². The summed E-state index contributed by atoms with van der Waals surface area (Å²) in [6, 6.07) is 3.44. The third kappa shape index (κ3) is 3.40. The zero-order chi connectivity index (χ0) is 18.0. The molecule has 0 amide bonds. The Kier molecular flexibility index (Phi) is 4.83. The van der Waals surface area contributed by atoms with Crippen LogP contribution >= 0.6 is 0 Å². The van der Waals surface area contributed by atoms with Gasteiger partial charge in [-0.1, -0.05) is 12.7 Å². The normalized spacial score (nSPS) is 20.4. The lowest BCUT2D eigenvalue weighted by molar-refractivity contribution is -0.384. The first kappa shape index (κ1) is 17.1. The van der Waals surface area contributed by atoms with Crippen molar-refractivity contribution in [3.63, 3.8) is 0 Å². The maximum absolute atomic E-state index is 11.8. The molecule has 1 fully saturated rings. The van der Waals surface area contributed by atoms with Crippen LogP contribution in [0.25, 0.3) is 17.0 Å². The molecule has 1 heterocycles. The molecule has 132 valence electrons. The van der Waals surface area contributed by atoms with Gasteiger partial charge in [-0.05, 0) is 38.7 Å². The highest BCUT2D eigenvalue weighted by molar-refractivity contribution is 5.85. The van der Waals surface area contributed by atoms with Crippen molar-refractivity contribution in [3.05, 3.63) is 40.6 Å². The molecule has 0 aliphatic heterocycles. The quantitative estimate of drug-likeness (QED) is 0.467. The highest BCUT2D eigenvalue weighted by Crippen LogP contribution is 2.34. The molecule has 0 radical (unpaired) electrons. The minimum atomic E-state index is -0.404. The number of benzene rings is 1. The summed E-state index contributed by atoms with van der Waals surface area (Å²) in [7, 11) is 0. The number of carbonyl (C=O) groups excluding carboxylic acids is 1. The third-order valence-electron chi connectivity index (χ3n) is 4.78. The summed E-state index contributed by atoms with van der Waals surface area (Å²) in [6.07, 6.45) is 6.56. The molecular formula is C18H21N3O4. The van der Waals surface area contributed by atoms with Crippen molar-refractivity contribution < 1.29 is 14.5 Å². The van der Waals surface area contributed by atoms with E-state index < -0.39 is 4.92 Å². The van der Waals surface area contributed by atoms with Crippen LogP contribution in [0.1, 0.15) is 44.2 Å². The van der Waals surface area contributed by atoms with Crippen LogP contribution in [0.5, 0.6) is 0 Å². The monoisotopic (exact) mass is 343 g/mol. The number of carbonyl (C=O) groups is 1. The van der Waals surface area contributed by atoms with Gasteiger partial charge in [-0.25, -0.2) is 0 Å². The summed E-state index contributed by atoms with van der Waals surface area (Å²) in [6.45, 7) is 5.86. The summed E-state index contributed by atoms with van der Waals surface area (Å²) < 4.78 is 6.97. The van der Waals surface area contributed by atoms with Crippen molar-refractivity contribution in [2.45, 2.75) is 38.6 Å². The number of esters is 1. The zero-order valence-corrected chi connectivity index (χ0v) is 14.2. The van der Waals surface area contributed by atoms with Gasteiger partial charge in [0.1, 0.15) is 0 Å². The van der Waals surface area contributed by atoms with Gasteiger partial charge in [-0.3, -0.25) is 19.6 Å². The lowest BCUT2D eigenvalue weighted by Crippen LogP contribution is -2.25. The van der Waals surface area contributed by atoms with Crippen LogP contribution in [0.2, 0.25) is 0 Å². The molecule has 0 N–H and O–H groups in total. The van der Waals surface area contributed by atoms with Crippen molar-refractivity contribution >= 4 is 28.6 Å². The number of hydrogen-bond donors (Lipinski definition) is 0. The number of fused-ring (bicyclic) bond motifs is 1. The van der Waals surface area contributed by atoms with Gasteiger partial charge >= 0.3 is 5.97 Å². The van der Waals surface area contributed by atoms with Crippen molar-refractivity contribution in [3.8, 4) is 0 Å². The number of hydrogen-bond acceptors (Lipinski definition) is 5. The van der Waals surface area contributed by atoms with Gasteiger partial charge in [-0.15, -0.1) is 0 Å². The smallest absolute Gasteiger partial charge is 0.308 e. The van der Waals surface area contributed by atoms with E-state index in [1.165, 1.54) is 6.08 Å². The van der Waals surface area contributed by atoms with E-state index in [9.17, 15) is 14.9 Å². The first-order chi connectivity index (χ1) is 12.0. The summed E-state index contributed by atoms with van der Waals surface area (Å²) in [5.74, 6) is -0.146. The number of nitro benzene ring substituents is 1. The Hall–Kier alpha value is -2.70. The summed E-state index contributed by atoms with van der Waals surface area (Å²) in [5, 5.41) is 16.5. The molecular weight excluding hydrogens is 322 g/mol. The standard InChI is InChI=1S/C18H21N3O4/c1-3-12-9-16-14(10-17(12)21(23)24)11-20(19-16)15-7-5-13(6-8-15)18(22)25-4-2/h3,9-11,13,15H,1,4-8H2,2H3. The van der Waals surface area contributed by atoms with Gasteiger partial charge in [0.05, 0.1) is 34.6 Å². The lowest BCUT2D eigenvalue weighted by Gasteiger charge is -2.27. The van der Waals surface area contributed by atoms with E-state index in [2.05, 4.69) is 11.7 Å². The highest BCUT2D eigenvalue weighted by Gasteiger charge is 2.28. The maximum atomic E-state index is 11.8. The molecule has 7 heteroatoms. The van der Waals surface area contributed by atoms with Crippen LogP contribution in [0.15, 0.2) is 24.9 Å². The fourth-order valence-electron chi connectivity index (χ4n) is 3.44. The Morgan fingerprint density at radius 2 is 2.16 bits per heavy atom. The topological polar surface area (TPSA) is 87.3 Å². The predicted molar refractivity (Wildman–Crippen MR) is 94.1 cm³/mol. The van der Waals surface area contributed by atoms with Crippen LogP contribution in [0.4, 0.5) is 5.69 Å². The molecule has 25 heavy (non-hydrogen) atoms. The fourth-order valence-corrected chi connectivity index (χ4v) is 3.44. The van der Waals surface area contributed by atoms with Crippen LogP contribution in [-0.4, -0.2) is 27.3 Å². The molecule has 7 nitrogen and oxygen atoms in total. The van der Waals surface area contributed by atoms with Crippen LogP contribution in [-0.2, 0) is 9.53 Å². The molecule has 0 bridgehead atoms. The number of ether oxygens (including phenoxy) is 1. The molecule has 1 aliphatic rings. The first-order valence-electron chi connectivity index (χ1n) is 8.49. The second-order valence-electron chi connectivity index (χ2n) is 6.30. The number of nitro groups is 1. The minimum Gasteiger partial charge on any atom is -0.466 e. The van der Waals surface area contributed by atoms with Gasteiger partial charge in [0, 0.05) is 17.6 Å². The van der Waals surface area contributed by atoms with E-state index in [0.29, 0.717) is 17.7 Å². The SMILES string of the molecule is C=Cc1cc2nn(C3CCC(C(=O)OCC)CC3)cc2cc1[N+](=O)[O-]. The molecule has 0 spiro atoms. The van der Waals surface area contributed by atoms with E-state index in [4.69, 9.17) is 4.74 Å². The summed E-state index contributed by atoms with van der Waals surface area (Å²) in [4.78, 5) is 22.6. The van der Waals surface area contributed by atoms with Crippen molar-refractivity contribution in [2.75, 3.05) is 6.61 Å². The molecule has 0 atom stereocenters. The first-order valence-corrected chi connectivity index (χ1v) is 8.49. The third-order valence-corrected chi connectivity index (χ3v) is 4.78. The van der Waals surface area contributed by atoms with Crippen molar-refractivity contribution in [1.82, 2.24) is 9.78 Å². The number of nitrogens with zero attached hydrogens (tertiary/aromatic N) is 3.